The summed E-state index contributed by atoms with van der Waals surface area (Å²) in [7, 11) is 1.47. The van der Waals surface area contributed by atoms with Crippen molar-refractivity contribution in [1.82, 2.24) is 5.32 Å². The number of hydrogen-bond acceptors (Lipinski definition) is 3. The number of aryl methyl sites for hydroxylation is 1. The summed E-state index contributed by atoms with van der Waals surface area (Å²) in [6.07, 6.45) is 2.78. The predicted octanol–water partition coefficient (Wildman–Crippen LogP) is 2.21. The van der Waals surface area contributed by atoms with Gasteiger partial charge < -0.3 is 10.1 Å². The number of carbonyl (C=O) groups is 1. The van der Waals surface area contributed by atoms with E-state index in [0.717, 1.165) is 5.56 Å². The molecule has 2 N–H and O–H groups in total. The summed E-state index contributed by atoms with van der Waals surface area (Å²) in [5, 5.41) is 9.88. The second-order valence-corrected chi connectivity index (χ2v) is 3.66. The highest BCUT2D eigenvalue weighted by molar-refractivity contribution is 6.42. The van der Waals surface area contributed by atoms with Crippen molar-refractivity contribution in [2.75, 3.05) is 7.05 Å². The van der Waals surface area contributed by atoms with Crippen LogP contribution >= 0.6 is 0 Å². The minimum absolute atomic E-state index is 0.181. The molecule has 0 saturated carbocycles. The SMILES string of the molecule is C=C/C(=C\C(=N)C(=O)NC)Oc1ccc(C)cc1. The highest BCUT2D eigenvalue weighted by Crippen LogP contribution is 2.15. The summed E-state index contributed by atoms with van der Waals surface area (Å²) >= 11 is 0. The minimum atomic E-state index is -0.471. The maximum atomic E-state index is 11.2. The number of rotatable bonds is 5. The molecule has 18 heavy (non-hydrogen) atoms. The Labute approximate surface area is 106 Å². The molecule has 0 unspecified atom stereocenters. The number of hydrogen-bond donors (Lipinski definition) is 2. The highest BCUT2D eigenvalue weighted by Gasteiger charge is 2.05. The molecule has 0 bridgehead atoms. The van der Waals surface area contributed by atoms with Gasteiger partial charge in [-0.25, -0.2) is 0 Å². The summed E-state index contributed by atoms with van der Waals surface area (Å²) in [5.74, 6) is 0.519. The first kappa shape index (κ1) is 13.7. The molecule has 94 valence electrons. The van der Waals surface area contributed by atoms with Gasteiger partial charge in [0.25, 0.3) is 5.91 Å². The number of amides is 1. The molecule has 1 rings (SSSR count). The van der Waals surface area contributed by atoms with E-state index in [9.17, 15) is 4.79 Å². The maximum Gasteiger partial charge on any atom is 0.269 e. The lowest BCUT2D eigenvalue weighted by Crippen LogP contribution is -2.25. The van der Waals surface area contributed by atoms with E-state index in [2.05, 4.69) is 11.9 Å². The van der Waals surface area contributed by atoms with Crippen LogP contribution in [0, 0.1) is 12.3 Å². The van der Waals surface area contributed by atoms with Gasteiger partial charge in [-0.2, -0.15) is 0 Å². The van der Waals surface area contributed by atoms with Crippen molar-refractivity contribution in [2.45, 2.75) is 6.92 Å². The van der Waals surface area contributed by atoms with Gasteiger partial charge in [0.1, 0.15) is 17.2 Å². The molecule has 0 fully saturated rings. The Morgan fingerprint density at radius 3 is 2.50 bits per heavy atom. The van der Waals surface area contributed by atoms with Gasteiger partial charge in [0.15, 0.2) is 0 Å². The maximum absolute atomic E-state index is 11.2. The number of allylic oxidation sites excluding steroid dienone is 1. The van der Waals surface area contributed by atoms with E-state index in [1.54, 1.807) is 0 Å². The average Bonchev–Trinajstić information content (AvgIpc) is 2.39. The van der Waals surface area contributed by atoms with Gasteiger partial charge in [-0.05, 0) is 25.1 Å². The molecule has 0 spiro atoms. The second kappa shape index (κ2) is 6.39. The molecule has 0 aliphatic heterocycles. The van der Waals surface area contributed by atoms with Crippen molar-refractivity contribution in [2.24, 2.45) is 0 Å². The number of nitrogens with one attached hydrogen (secondary N) is 2. The van der Waals surface area contributed by atoms with E-state index < -0.39 is 5.91 Å². The van der Waals surface area contributed by atoms with Crippen molar-refractivity contribution in [1.29, 1.82) is 5.41 Å². The van der Waals surface area contributed by atoms with Gasteiger partial charge >= 0.3 is 0 Å². The van der Waals surface area contributed by atoms with Crippen LogP contribution in [0.5, 0.6) is 5.75 Å². The number of ether oxygens (including phenoxy) is 1. The van der Waals surface area contributed by atoms with Crippen molar-refractivity contribution in [3.63, 3.8) is 0 Å². The largest absolute Gasteiger partial charge is 0.457 e. The number of carbonyl (C=O) groups excluding carboxylic acids is 1. The van der Waals surface area contributed by atoms with Gasteiger partial charge in [-0.3, -0.25) is 10.2 Å². The van der Waals surface area contributed by atoms with Crippen LogP contribution < -0.4 is 10.1 Å². The molecule has 4 heteroatoms. The molecule has 1 aromatic carbocycles. The summed E-state index contributed by atoms with van der Waals surface area (Å²) in [4.78, 5) is 11.2. The van der Waals surface area contributed by atoms with Gasteiger partial charge in [-0.1, -0.05) is 24.3 Å². The predicted molar refractivity (Wildman–Crippen MR) is 71.9 cm³/mol. The Hall–Kier alpha value is -2.36. The zero-order valence-electron chi connectivity index (χ0n) is 10.5. The van der Waals surface area contributed by atoms with E-state index in [4.69, 9.17) is 10.1 Å². The Morgan fingerprint density at radius 2 is 2.00 bits per heavy atom. The minimum Gasteiger partial charge on any atom is -0.457 e. The van der Waals surface area contributed by atoms with Crippen LogP contribution in [0.3, 0.4) is 0 Å². The van der Waals surface area contributed by atoms with Crippen LogP contribution in [-0.2, 0) is 4.79 Å². The summed E-state index contributed by atoms with van der Waals surface area (Å²) in [6, 6.07) is 7.46. The van der Waals surface area contributed by atoms with Crippen molar-refractivity contribution < 1.29 is 9.53 Å². The van der Waals surface area contributed by atoms with Gasteiger partial charge in [0.05, 0.1) is 0 Å². The lowest BCUT2D eigenvalue weighted by molar-refractivity contribution is -0.114. The monoisotopic (exact) mass is 244 g/mol. The molecule has 0 radical (unpaired) electrons. The Balaban J connectivity index is 2.82. The standard InChI is InChI=1S/C14H16N2O2/c1-4-11(9-13(15)14(17)16-3)18-12-7-5-10(2)6-8-12/h4-9,15H,1H2,2-3H3,(H,16,17)/b11-9+,15-13?. The first-order chi connectivity index (χ1) is 8.56. The zero-order valence-corrected chi connectivity index (χ0v) is 10.5. The van der Waals surface area contributed by atoms with E-state index in [1.807, 2.05) is 31.2 Å². The quantitative estimate of drug-likeness (QED) is 0.474. The molecule has 0 aliphatic carbocycles. The highest BCUT2D eigenvalue weighted by atomic mass is 16.5. The van der Waals surface area contributed by atoms with Crippen LogP contribution in [0.2, 0.25) is 0 Å². The molecule has 0 atom stereocenters. The van der Waals surface area contributed by atoms with Gasteiger partial charge in [-0.15, -0.1) is 0 Å². The Morgan fingerprint density at radius 1 is 1.39 bits per heavy atom. The zero-order chi connectivity index (χ0) is 13.5. The summed E-state index contributed by atoms with van der Waals surface area (Å²) in [5.41, 5.74) is 0.948. The van der Waals surface area contributed by atoms with Crippen LogP contribution in [0.1, 0.15) is 5.56 Å². The molecule has 1 aromatic rings. The third-order valence-electron chi connectivity index (χ3n) is 2.22. The molecule has 0 aliphatic rings. The van der Waals surface area contributed by atoms with E-state index >= 15 is 0 Å². The van der Waals surface area contributed by atoms with Gasteiger partial charge in [0.2, 0.25) is 0 Å². The normalized spacial score (nSPS) is 10.7. The van der Waals surface area contributed by atoms with Crippen LogP contribution in [-0.4, -0.2) is 18.7 Å². The second-order valence-electron chi connectivity index (χ2n) is 3.66. The smallest absolute Gasteiger partial charge is 0.269 e. The fourth-order valence-corrected chi connectivity index (χ4v) is 1.21. The van der Waals surface area contributed by atoms with Crippen molar-refractivity contribution in [3.8, 4) is 5.75 Å². The molecule has 1 amide bonds. The third kappa shape index (κ3) is 3.90. The van der Waals surface area contributed by atoms with Crippen LogP contribution in [0.25, 0.3) is 0 Å². The van der Waals surface area contributed by atoms with E-state index in [1.165, 1.54) is 19.2 Å². The van der Waals surface area contributed by atoms with E-state index in [0.29, 0.717) is 11.5 Å². The fraction of sp³-hybridized carbons (Fsp3) is 0.143. The van der Waals surface area contributed by atoms with Crippen molar-refractivity contribution >= 4 is 11.6 Å². The first-order valence-electron chi connectivity index (χ1n) is 5.46. The molecule has 0 aromatic heterocycles. The topological polar surface area (TPSA) is 62.2 Å². The molecule has 4 nitrogen and oxygen atoms in total. The van der Waals surface area contributed by atoms with E-state index in [-0.39, 0.29) is 5.71 Å². The Kier molecular flexibility index (Phi) is 4.87. The van der Waals surface area contributed by atoms with Crippen LogP contribution in [0.4, 0.5) is 0 Å². The third-order valence-corrected chi connectivity index (χ3v) is 2.22. The Bertz CT molecular complexity index is 487. The lowest BCUT2D eigenvalue weighted by atomic mass is 10.2. The molecular weight excluding hydrogens is 228 g/mol. The molecular formula is C14H16N2O2. The average molecular weight is 244 g/mol. The molecule has 0 heterocycles. The number of benzene rings is 1. The van der Waals surface area contributed by atoms with Crippen molar-refractivity contribution in [3.05, 3.63) is 54.3 Å². The summed E-state index contributed by atoms with van der Waals surface area (Å²) < 4.78 is 5.51. The lowest BCUT2D eigenvalue weighted by Gasteiger charge is -2.07. The molecule has 0 saturated heterocycles. The van der Waals surface area contributed by atoms with Crippen LogP contribution in [0.15, 0.2) is 48.8 Å². The van der Waals surface area contributed by atoms with Gasteiger partial charge in [0, 0.05) is 13.1 Å². The fourth-order valence-electron chi connectivity index (χ4n) is 1.21. The first-order valence-corrected chi connectivity index (χ1v) is 5.46. The summed E-state index contributed by atoms with van der Waals surface area (Å²) in [6.45, 7) is 5.57.